The van der Waals surface area contributed by atoms with Crippen molar-refractivity contribution in [2.45, 2.75) is 142 Å². The average molecular weight is 910 g/mol. The fourth-order valence-corrected chi connectivity index (χ4v) is 7.50. The van der Waals surface area contributed by atoms with E-state index in [9.17, 15) is 14.4 Å². The molecule has 0 aliphatic heterocycles. The standard InChI is InChI=1S/C58H71NO8/c1-3-5-7-9-11-13-15-17-19-21-42-63-51-32-26-47(27-33-51)56(60)65-53-36-30-50(31-37-53)59-45-46-24-23-25-49(44-46)58(62)67-55-40-38-54(39-41-55)66-57(61)48-28-34-52(35-29-48)64-43-22-20-18-16-14-12-10-8-6-4-2/h23-41,44-45H,3-22,42-43H2,1-2H3. The summed E-state index contributed by atoms with van der Waals surface area (Å²) in [4.78, 5) is 43.2. The van der Waals surface area contributed by atoms with Crippen molar-refractivity contribution in [3.8, 4) is 28.7 Å². The molecule has 9 heteroatoms. The Hall–Kier alpha value is -6.22. The van der Waals surface area contributed by atoms with Gasteiger partial charge in [0.1, 0.15) is 28.7 Å². The summed E-state index contributed by atoms with van der Waals surface area (Å²) in [5.74, 6) is 0.969. The van der Waals surface area contributed by atoms with Crippen molar-refractivity contribution in [1.29, 1.82) is 0 Å². The number of rotatable bonds is 32. The van der Waals surface area contributed by atoms with Crippen molar-refractivity contribution >= 4 is 29.8 Å². The Morgan fingerprint density at radius 1 is 0.388 bits per heavy atom. The molecule has 0 radical (unpaired) electrons. The van der Waals surface area contributed by atoms with E-state index in [0.717, 1.165) is 30.8 Å². The van der Waals surface area contributed by atoms with Gasteiger partial charge in [0.15, 0.2) is 0 Å². The van der Waals surface area contributed by atoms with Crippen LogP contribution in [0, 0.1) is 0 Å². The van der Waals surface area contributed by atoms with Crippen LogP contribution in [0.2, 0.25) is 0 Å². The molecule has 5 aromatic rings. The molecule has 67 heavy (non-hydrogen) atoms. The molecule has 0 fully saturated rings. The number of ether oxygens (including phenoxy) is 5. The Labute approximate surface area is 399 Å². The number of aliphatic imine (C=N–C) groups is 1. The van der Waals surface area contributed by atoms with Crippen molar-refractivity contribution in [3.63, 3.8) is 0 Å². The Balaban J connectivity index is 0.972. The van der Waals surface area contributed by atoms with Crippen molar-refractivity contribution in [2.75, 3.05) is 13.2 Å². The maximum atomic E-state index is 13.0. The van der Waals surface area contributed by atoms with Gasteiger partial charge in [-0.15, -0.1) is 0 Å². The van der Waals surface area contributed by atoms with Crippen LogP contribution in [0.3, 0.4) is 0 Å². The van der Waals surface area contributed by atoms with Gasteiger partial charge < -0.3 is 23.7 Å². The van der Waals surface area contributed by atoms with Crippen LogP contribution >= 0.6 is 0 Å². The molecule has 5 rings (SSSR count). The normalized spacial score (nSPS) is 11.1. The summed E-state index contributed by atoms with van der Waals surface area (Å²) in [6.45, 7) is 5.82. The lowest BCUT2D eigenvalue weighted by Crippen LogP contribution is -2.10. The fraction of sp³-hybridized carbons (Fsp3) is 0.414. The lowest BCUT2D eigenvalue weighted by Gasteiger charge is -2.09. The smallest absolute Gasteiger partial charge is 0.343 e. The van der Waals surface area contributed by atoms with Gasteiger partial charge in [-0.1, -0.05) is 142 Å². The summed E-state index contributed by atoms with van der Waals surface area (Å²) in [6, 6.07) is 34.0. The van der Waals surface area contributed by atoms with Crippen LogP contribution < -0.4 is 23.7 Å². The summed E-state index contributed by atoms with van der Waals surface area (Å²) in [7, 11) is 0. The highest BCUT2D eigenvalue weighted by atomic mass is 16.5. The first kappa shape index (κ1) is 51.8. The van der Waals surface area contributed by atoms with Gasteiger partial charge in [-0.25, -0.2) is 14.4 Å². The van der Waals surface area contributed by atoms with E-state index in [1.807, 2.05) is 6.07 Å². The van der Waals surface area contributed by atoms with Crippen LogP contribution in [0.25, 0.3) is 0 Å². The maximum absolute atomic E-state index is 13.0. The van der Waals surface area contributed by atoms with E-state index in [1.54, 1.807) is 121 Å². The third-order valence-electron chi connectivity index (χ3n) is 11.5. The lowest BCUT2D eigenvalue weighted by molar-refractivity contribution is 0.0719. The van der Waals surface area contributed by atoms with Crippen molar-refractivity contribution in [2.24, 2.45) is 4.99 Å². The zero-order chi connectivity index (χ0) is 47.2. The maximum Gasteiger partial charge on any atom is 0.343 e. The highest BCUT2D eigenvalue weighted by molar-refractivity contribution is 5.94. The second kappa shape index (κ2) is 30.9. The number of carbonyl (C=O) groups is 3. The summed E-state index contributed by atoms with van der Waals surface area (Å²) in [6.07, 6.45) is 27.2. The molecule has 0 atom stereocenters. The molecule has 0 aromatic heterocycles. The number of hydrogen-bond acceptors (Lipinski definition) is 9. The Morgan fingerprint density at radius 2 is 0.731 bits per heavy atom. The van der Waals surface area contributed by atoms with Gasteiger partial charge in [0.05, 0.1) is 35.6 Å². The average Bonchev–Trinajstić information content (AvgIpc) is 3.35. The second-order valence-corrected chi connectivity index (χ2v) is 17.1. The molecule has 0 saturated carbocycles. The molecular formula is C58H71NO8. The van der Waals surface area contributed by atoms with Gasteiger partial charge >= 0.3 is 17.9 Å². The number of benzene rings is 5. The molecule has 9 nitrogen and oxygen atoms in total. The predicted octanol–water partition coefficient (Wildman–Crippen LogP) is 15.7. The predicted molar refractivity (Wildman–Crippen MR) is 269 cm³/mol. The first-order valence-electron chi connectivity index (χ1n) is 24.9. The zero-order valence-corrected chi connectivity index (χ0v) is 39.9. The minimum atomic E-state index is -0.548. The van der Waals surface area contributed by atoms with Gasteiger partial charge in [0, 0.05) is 6.21 Å². The number of nitrogens with zero attached hydrogens (tertiary/aromatic N) is 1. The number of esters is 3. The SMILES string of the molecule is CCCCCCCCCCCCOc1ccc(C(=O)Oc2ccc(N=Cc3cccc(C(=O)Oc4ccc(OC(=O)c5ccc(OCCCCCCCCCCCC)cc5)cc4)c3)cc2)cc1. The van der Waals surface area contributed by atoms with Crippen LogP contribution in [0.4, 0.5) is 5.69 Å². The molecule has 356 valence electrons. The van der Waals surface area contributed by atoms with E-state index in [1.165, 1.54) is 109 Å². The Bertz CT molecular complexity index is 2200. The minimum absolute atomic E-state index is 0.300. The van der Waals surface area contributed by atoms with Gasteiger partial charge in [-0.3, -0.25) is 4.99 Å². The zero-order valence-electron chi connectivity index (χ0n) is 39.9. The summed E-state index contributed by atoms with van der Waals surface area (Å²) in [5.41, 5.74) is 2.50. The largest absolute Gasteiger partial charge is 0.494 e. The number of hydrogen-bond donors (Lipinski definition) is 0. The Morgan fingerprint density at radius 3 is 1.13 bits per heavy atom. The van der Waals surface area contributed by atoms with E-state index in [0.29, 0.717) is 58.4 Å². The van der Waals surface area contributed by atoms with Crippen molar-refractivity contribution in [1.82, 2.24) is 0 Å². The lowest BCUT2D eigenvalue weighted by atomic mass is 10.1. The van der Waals surface area contributed by atoms with Crippen molar-refractivity contribution in [3.05, 3.63) is 144 Å². The van der Waals surface area contributed by atoms with Crippen molar-refractivity contribution < 1.29 is 38.1 Å². The molecule has 0 heterocycles. The highest BCUT2D eigenvalue weighted by Gasteiger charge is 2.13. The van der Waals surface area contributed by atoms with Crippen LogP contribution in [-0.2, 0) is 0 Å². The monoisotopic (exact) mass is 910 g/mol. The second-order valence-electron chi connectivity index (χ2n) is 17.1. The molecule has 0 bridgehead atoms. The van der Waals surface area contributed by atoms with Crippen LogP contribution in [-0.4, -0.2) is 37.3 Å². The van der Waals surface area contributed by atoms with E-state index < -0.39 is 17.9 Å². The summed E-state index contributed by atoms with van der Waals surface area (Å²) < 4.78 is 28.5. The topological polar surface area (TPSA) is 110 Å². The first-order chi connectivity index (χ1) is 32.9. The van der Waals surface area contributed by atoms with Gasteiger partial charge in [-0.05, 0) is 128 Å². The molecule has 0 amide bonds. The van der Waals surface area contributed by atoms with Crippen LogP contribution in [0.1, 0.15) is 179 Å². The molecule has 0 N–H and O–H groups in total. The quantitative estimate of drug-likeness (QED) is 0.0182. The van der Waals surface area contributed by atoms with Gasteiger partial charge in [0.25, 0.3) is 0 Å². The minimum Gasteiger partial charge on any atom is -0.494 e. The Kier molecular flexibility index (Phi) is 23.9. The number of carbonyl (C=O) groups excluding carboxylic acids is 3. The van der Waals surface area contributed by atoms with E-state index in [4.69, 9.17) is 23.7 Å². The van der Waals surface area contributed by atoms with Crippen LogP contribution in [0.5, 0.6) is 28.7 Å². The molecule has 0 spiro atoms. The molecule has 0 aliphatic rings. The van der Waals surface area contributed by atoms with E-state index in [2.05, 4.69) is 18.8 Å². The molecule has 5 aromatic carbocycles. The first-order valence-corrected chi connectivity index (χ1v) is 24.9. The molecular weight excluding hydrogens is 839 g/mol. The highest BCUT2D eigenvalue weighted by Crippen LogP contribution is 2.23. The third-order valence-corrected chi connectivity index (χ3v) is 11.5. The summed E-state index contributed by atoms with van der Waals surface area (Å²) in [5, 5.41) is 0. The summed E-state index contributed by atoms with van der Waals surface area (Å²) >= 11 is 0. The van der Waals surface area contributed by atoms with E-state index >= 15 is 0 Å². The van der Waals surface area contributed by atoms with Gasteiger partial charge in [-0.2, -0.15) is 0 Å². The van der Waals surface area contributed by atoms with Crippen LogP contribution in [0.15, 0.2) is 126 Å². The fourth-order valence-electron chi connectivity index (χ4n) is 7.50. The number of unbranched alkanes of at least 4 members (excludes halogenated alkanes) is 18. The van der Waals surface area contributed by atoms with E-state index in [-0.39, 0.29) is 0 Å². The molecule has 0 saturated heterocycles. The molecule has 0 aliphatic carbocycles. The van der Waals surface area contributed by atoms with Gasteiger partial charge in [0.2, 0.25) is 0 Å². The third kappa shape index (κ3) is 20.5. The molecule has 0 unspecified atom stereocenters.